The molecule has 0 fully saturated rings. The Bertz CT molecular complexity index is 1160. The van der Waals surface area contributed by atoms with E-state index < -0.39 is 13.7 Å². The lowest BCUT2D eigenvalue weighted by Gasteiger charge is -2.20. The third-order valence-electron chi connectivity index (χ3n) is 4.94. The van der Waals surface area contributed by atoms with Gasteiger partial charge < -0.3 is 18.6 Å². The Labute approximate surface area is 190 Å². The fourth-order valence-electron chi connectivity index (χ4n) is 2.97. The van der Waals surface area contributed by atoms with Gasteiger partial charge in [0, 0.05) is 20.7 Å². The van der Waals surface area contributed by atoms with Gasteiger partial charge in [0.1, 0.15) is 23.3 Å². The van der Waals surface area contributed by atoms with Crippen LogP contribution in [0.2, 0.25) is 25.7 Å². The highest BCUT2D eigenvalue weighted by Gasteiger charge is 2.16. The van der Waals surface area contributed by atoms with Crippen molar-refractivity contribution in [3.63, 3.8) is 0 Å². The molecule has 3 rings (SSSR count). The summed E-state index contributed by atoms with van der Waals surface area (Å²) in [6, 6.07) is 13.5. The van der Waals surface area contributed by atoms with Crippen molar-refractivity contribution < 1.29 is 18.6 Å². The van der Waals surface area contributed by atoms with Crippen molar-refractivity contribution in [2.45, 2.75) is 45.1 Å². The van der Waals surface area contributed by atoms with E-state index in [1.165, 1.54) is 6.26 Å². The molecule has 3 aromatic rings. The van der Waals surface area contributed by atoms with Crippen LogP contribution in [0.25, 0.3) is 22.1 Å². The Morgan fingerprint density at radius 1 is 1.06 bits per heavy atom. The summed E-state index contributed by atoms with van der Waals surface area (Å²) in [7, 11) is -1.12. The molecule has 0 saturated carbocycles. The van der Waals surface area contributed by atoms with Gasteiger partial charge in [-0.15, -0.1) is 6.42 Å². The van der Waals surface area contributed by atoms with E-state index in [4.69, 9.17) is 25.1 Å². The molecule has 1 aromatic heterocycles. The van der Waals surface area contributed by atoms with E-state index in [0.717, 1.165) is 11.6 Å². The second-order valence-corrected chi connectivity index (χ2v) is 15.0. The maximum Gasteiger partial charge on any atom is 0.200 e. The molecule has 5 nitrogen and oxygen atoms in total. The zero-order valence-corrected chi connectivity index (χ0v) is 20.4. The number of fused-ring (bicyclic) bond motifs is 1. The second kappa shape index (κ2) is 9.64. The van der Waals surface area contributed by atoms with Gasteiger partial charge in [0.25, 0.3) is 0 Å². The third-order valence-corrected chi connectivity index (χ3v) is 6.64. The van der Waals surface area contributed by atoms with Crippen molar-refractivity contribution in [3.05, 3.63) is 59.0 Å². The molecule has 0 N–H and O–H groups in total. The molecule has 0 aliphatic carbocycles. The molecule has 0 amide bonds. The highest BCUT2D eigenvalue weighted by molar-refractivity contribution is 6.76. The van der Waals surface area contributed by atoms with Gasteiger partial charge in [-0.1, -0.05) is 37.7 Å². The van der Waals surface area contributed by atoms with E-state index >= 15 is 0 Å². The van der Waals surface area contributed by atoms with Crippen LogP contribution < -0.4 is 14.9 Å². The molecule has 0 aliphatic heterocycles. The molecule has 32 heavy (non-hydrogen) atoms. The number of hydrogen-bond donors (Lipinski definition) is 0. The standard InChI is InChI=1S/C26H30O5Si/c1-7-26(2,3)31-20-10-8-19(9-11-20)23-17-29-24-16-21(12-13-22(24)25(23)27)30-18-28-14-15-32(4,5)6/h1,8-13,16-17H,14-15,18H2,2-6H3. The molecule has 0 radical (unpaired) electrons. The van der Waals surface area contributed by atoms with Crippen molar-refractivity contribution in [3.8, 4) is 35.0 Å². The summed E-state index contributed by atoms with van der Waals surface area (Å²) in [6.07, 6.45) is 6.94. The van der Waals surface area contributed by atoms with Gasteiger partial charge >= 0.3 is 0 Å². The van der Waals surface area contributed by atoms with Gasteiger partial charge in [-0.3, -0.25) is 4.79 Å². The molecule has 0 saturated heterocycles. The van der Waals surface area contributed by atoms with E-state index in [1.54, 1.807) is 30.3 Å². The molecule has 6 heteroatoms. The smallest absolute Gasteiger partial charge is 0.200 e. The molecule has 1 heterocycles. The Morgan fingerprint density at radius 3 is 2.41 bits per heavy atom. The minimum absolute atomic E-state index is 0.109. The Balaban J connectivity index is 1.72. The maximum absolute atomic E-state index is 13.0. The van der Waals surface area contributed by atoms with Crippen molar-refractivity contribution in [2.24, 2.45) is 0 Å². The van der Waals surface area contributed by atoms with E-state index in [1.807, 2.05) is 26.0 Å². The van der Waals surface area contributed by atoms with Crippen LogP contribution in [0.15, 0.2) is 57.9 Å². The molecule has 0 spiro atoms. The van der Waals surface area contributed by atoms with Crippen LogP contribution >= 0.6 is 0 Å². The first kappa shape index (κ1) is 23.6. The van der Waals surface area contributed by atoms with Crippen molar-refractivity contribution in [1.29, 1.82) is 0 Å². The van der Waals surface area contributed by atoms with Crippen molar-refractivity contribution in [1.82, 2.24) is 0 Å². The largest absolute Gasteiger partial charge is 0.475 e. The number of benzene rings is 2. The Hall–Kier alpha value is -3.01. The number of hydrogen-bond acceptors (Lipinski definition) is 5. The summed E-state index contributed by atoms with van der Waals surface area (Å²) >= 11 is 0. The third kappa shape index (κ3) is 6.25. The van der Waals surface area contributed by atoms with Crippen molar-refractivity contribution in [2.75, 3.05) is 13.4 Å². The van der Waals surface area contributed by atoms with Gasteiger partial charge in [-0.05, 0) is 49.7 Å². The van der Waals surface area contributed by atoms with Crippen LogP contribution in [0.1, 0.15) is 13.8 Å². The zero-order chi connectivity index (χ0) is 23.4. The quantitative estimate of drug-likeness (QED) is 0.175. The molecular weight excluding hydrogens is 420 g/mol. The molecule has 2 aromatic carbocycles. The highest BCUT2D eigenvalue weighted by Crippen LogP contribution is 2.26. The Kier molecular flexibility index (Phi) is 7.12. The summed E-state index contributed by atoms with van der Waals surface area (Å²) in [5.41, 5.74) is 0.866. The fraction of sp³-hybridized carbons (Fsp3) is 0.346. The van der Waals surface area contributed by atoms with Crippen LogP contribution in [0.3, 0.4) is 0 Å². The van der Waals surface area contributed by atoms with E-state index in [-0.39, 0.29) is 12.2 Å². The van der Waals surface area contributed by atoms with E-state index in [0.29, 0.717) is 34.6 Å². The van der Waals surface area contributed by atoms with E-state index in [2.05, 4.69) is 25.6 Å². The molecular formula is C26H30O5Si. The predicted octanol–water partition coefficient (Wildman–Crippen LogP) is 5.94. The lowest BCUT2D eigenvalue weighted by molar-refractivity contribution is 0.0221. The first-order valence-corrected chi connectivity index (χ1v) is 14.3. The average molecular weight is 451 g/mol. The molecule has 0 bridgehead atoms. The topological polar surface area (TPSA) is 57.9 Å². The highest BCUT2D eigenvalue weighted by atomic mass is 28.3. The van der Waals surface area contributed by atoms with Gasteiger partial charge in [0.15, 0.2) is 17.8 Å². The Morgan fingerprint density at radius 2 is 1.75 bits per heavy atom. The van der Waals surface area contributed by atoms with Crippen LogP contribution in [-0.4, -0.2) is 27.1 Å². The summed E-state index contributed by atoms with van der Waals surface area (Å²) < 4.78 is 22.7. The summed E-state index contributed by atoms with van der Waals surface area (Å²) in [4.78, 5) is 13.0. The lowest BCUT2D eigenvalue weighted by atomic mass is 10.1. The predicted molar refractivity (Wildman–Crippen MR) is 131 cm³/mol. The molecule has 0 aliphatic rings. The molecule has 0 atom stereocenters. The normalized spacial score (nSPS) is 11.9. The SMILES string of the molecule is C#CC(C)(C)Oc1ccc(-c2coc3cc(OCOCC[Si](C)(C)C)ccc3c2=O)cc1. The lowest BCUT2D eigenvalue weighted by Crippen LogP contribution is -2.25. The molecule has 0 unspecified atom stereocenters. The van der Waals surface area contributed by atoms with Gasteiger partial charge in [0.2, 0.25) is 0 Å². The zero-order valence-electron chi connectivity index (χ0n) is 19.4. The maximum atomic E-state index is 13.0. The number of terminal acetylenes is 1. The number of rotatable bonds is 9. The van der Waals surface area contributed by atoms with Gasteiger partial charge in [-0.2, -0.15) is 0 Å². The van der Waals surface area contributed by atoms with Crippen molar-refractivity contribution >= 4 is 19.0 Å². The van der Waals surface area contributed by atoms with E-state index in [9.17, 15) is 4.79 Å². The second-order valence-electron chi connectivity index (χ2n) is 9.40. The van der Waals surface area contributed by atoms with Crippen LogP contribution in [0.5, 0.6) is 11.5 Å². The summed E-state index contributed by atoms with van der Waals surface area (Å²) in [6.45, 7) is 11.4. The van der Waals surface area contributed by atoms with Crippen LogP contribution in [-0.2, 0) is 4.74 Å². The van der Waals surface area contributed by atoms with Gasteiger partial charge in [0.05, 0.1) is 10.9 Å². The first-order valence-electron chi connectivity index (χ1n) is 10.6. The summed E-state index contributed by atoms with van der Waals surface area (Å²) in [5.74, 6) is 3.82. The monoisotopic (exact) mass is 450 g/mol. The van der Waals surface area contributed by atoms with Crippen LogP contribution in [0, 0.1) is 12.3 Å². The molecule has 168 valence electrons. The van der Waals surface area contributed by atoms with Gasteiger partial charge in [-0.25, -0.2) is 0 Å². The minimum Gasteiger partial charge on any atom is -0.475 e. The fourth-order valence-corrected chi connectivity index (χ4v) is 3.73. The number of ether oxygens (including phenoxy) is 3. The average Bonchev–Trinajstić information content (AvgIpc) is 2.73. The minimum atomic E-state index is -1.12. The van der Waals surface area contributed by atoms with Crippen LogP contribution in [0.4, 0.5) is 0 Å². The summed E-state index contributed by atoms with van der Waals surface area (Å²) in [5, 5.41) is 0.489. The first-order chi connectivity index (χ1) is 15.1.